The van der Waals surface area contributed by atoms with Crippen molar-refractivity contribution in [3.05, 3.63) is 59.7 Å². The van der Waals surface area contributed by atoms with Crippen molar-refractivity contribution in [1.29, 1.82) is 0 Å². The van der Waals surface area contributed by atoms with Crippen molar-refractivity contribution >= 4 is 46.0 Å². The van der Waals surface area contributed by atoms with E-state index < -0.39 is 11.3 Å². The highest BCUT2D eigenvalue weighted by Gasteiger charge is 2.43. The third kappa shape index (κ3) is 3.77. The lowest BCUT2D eigenvalue weighted by atomic mass is 10.1. The van der Waals surface area contributed by atoms with Crippen molar-refractivity contribution < 1.29 is 9.59 Å². The van der Waals surface area contributed by atoms with Crippen LogP contribution in [0.4, 0.5) is 11.4 Å². The van der Waals surface area contributed by atoms with E-state index in [9.17, 15) is 9.59 Å². The number of carbonyl (C=O) groups excluding carboxylic acids is 2. The van der Waals surface area contributed by atoms with E-state index in [1.54, 1.807) is 4.90 Å². The van der Waals surface area contributed by atoms with Crippen LogP contribution < -0.4 is 5.32 Å². The van der Waals surface area contributed by atoms with Gasteiger partial charge in [-0.25, -0.2) is 9.89 Å². The van der Waals surface area contributed by atoms with Gasteiger partial charge in [-0.05, 0) is 49.6 Å². The molecule has 0 spiro atoms. The van der Waals surface area contributed by atoms with E-state index in [1.807, 2.05) is 76.2 Å². The number of thioether (sulfide) groups is 1. The van der Waals surface area contributed by atoms with Crippen molar-refractivity contribution in [3.8, 4) is 0 Å². The van der Waals surface area contributed by atoms with Gasteiger partial charge in [0.05, 0.1) is 10.9 Å². The molecule has 2 atom stereocenters. The van der Waals surface area contributed by atoms with Gasteiger partial charge in [0.1, 0.15) is 11.9 Å². The molecule has 1 N–H and O–H groups in total. The zero-order valence-corrected chi connectivity index (χ0v) is 18.2. The van der Waals surface area contributed by atoms with Crippen LogP contribution >= 0.6 is 11.8 Å². The van der Waals surface area contributed by atoms with E-state index in [2.05, 4.69) is 5.32 Å². The van der Waals surface area contributed by atoms with E-state index in [4.69, 9.17) is 9.98 Å². The lowest BCUT2D eigenvalue weighted by molar-refractivity contribution is -0.125. The number of hydrogen-bond donors (Lipinski definition) is 1. The molecule has 2 aliphatic heterocycles. The van der Waals surface area contributed by atoms with Gasteiger partial charge in [-0.2, -0.15) is 0 Å². The molecule has 2 aromatic rings. The number of amidine groups is 2. The zero-order chi connectivity index (χ0) is 21.4. The number of aliphatic imine (C=N–C) groups is 2. The molecule has 0 bridgehead atoms. The van der Waals surface area contributed by atoms with Crippen molar-refractivity contribution in [3.63, 3.8) is 0 Å². The molecular weight excluding hydrogens is 396 g/mol. The molecule has 0 unspecified atom stereocenters. The van der Waals surface area contributed by atoms with Crippen molar-refractivity contribution in [2.45, 2.75) is 39.0 Å². The molecule has 0 saturated heterocycles. The Kier molecular flexibility index (Phi) is 5.47. The molecule has 4 rings (SSSR count). The second-order valence-corrected chi connectivity index (χ2v) is 9.15. The molecule has 0 fully saturated rings. The third-order valence-electron chi connectivity index (χ3n) is 5.07. The fourth-order valence-electron chi connectivity index (χ4n) is 3.46. The average molecular weight is 421 g/mol. The van der Waals surface area contributed by atoms with Gasteiger partial charge in [0.15, 0.2) is 5.17 Å². The Morgan fingerprint density at radius 2 is 1.90 bits per heavy atom. The number of carbonyl (C=O) groups is 2. The summed E-state index contributed by atoms with van der Waals surface area (Å²) in [6.45, 7) is 7.76. The minimum absolute atomic E-state index is 0.0797. The number of amides is 2. The Labute approximate surface area is 180 Å². The molecule has 2 amide bonds. The van der Waals surface area contributed by atoms with Crippen LogP contribution in [0.25, 0.3) is 0 Å². The van der Waals surface area contributed by atoms with E-state index in [0.29, 0.717) is 11.0 Å². The Morgan fingerprint density at radius 3 is 2.63 bits per heavy atom. The molecule has 0 aliphatic carbocycles. The highest BCUT2D eigenvalue weighted by atomic mass is 32.2. The van der Waals surface area contributed by atoms with Crippen molar-refractivity contribution in [2.24, 2.45) is 15.9 Å². The number of rotatable bonds is 4. The maximum absolute atomic E-state index is 13.1. The quantitative estimate of drug-likeness (QED) is 0.798. The van der Waals surface area contributed by atoms with Crippen LogP contribution in [-0.2, 0) is 9.59 Å². The van der Waals surface area contributed by atoms with Crippen molar-refractivity contribution in [2.75, 3.05) is 5.32 Å². The molecule has 2 aromatic carbocycles. The lowest BCUT2D eigenvalue weighted by Crippen LogP contribution is -2.43. The fraction of sp³-hybridized carbons (Fsp3) is 0.304. The number of hydrogen-bond acceptors (Lipinski definition) is 5. The van der Waals surface area contributed by atoms with Gasteiger partial charge in [-0.1, -0.05) is 49.9 Å². The maximum Gasteiger partial charge on any atom is 0.259 e. The standard InChI is InChI=1S/C23H24N4O2S/c1-13(2)19-22(29)27-20(26-19)17-10-5-6-11-18(17)25-23(27)30-15(4)21(28)24-16-9-7-8-14(3)12-16/h5-13,15,19H,1-4H3,(H,24,28)/t15-,19-/m0/s1. The first kappa shape index (κ1) is 20.3. The first-order valence-corrected chi connectivity index (χ1v) is 10.9. The summed E-state index contributed by atoms with van der Waals surface area (Å²) in [7, 11) is 0. The van der Waals surface area contributed by atoms with Crippen LogP contribution in [0.5, 0.6) is 0 Å². The molecule has 7 heteroatoms. The molecule has 6 nitrogen and oxygen atoms in total. The summed E-state index contributed by atoms with van der Waals surface area (Å²) >= 11 is 1.27. The van der Waals surface area contributed by atoms with Crippen LogP contribution in [-0.4, -0.2) is 39.0 Å². The van der Waals surface area contributed by atoms with Crippen LogP contribution in [0.1, 0.15) is 31.9 Å². The van der Waals surface area contributed by atoms with Crippen molar-refractivity contribution in [1.82, 2.24) is 4.90 Å². The first-order chi connectivity index (χ1) is 14.3. The number of benzene rings is 2. The summed E-state index contributed by atoms with van der Waals surface area (Å²) in [6.07, 6.45) is 0. The summed E-state index contributed by atoms with van der Waals surface area (Å²) < 4.78 is 0. The third-order valence-corrected chi connectivity index (χ3v) is 6.12. The van der Waals surface area contributed by atoms with E-state index in [1.165, 1.54) is 11.8 Å². The van der Waals surface area contributed by atoms with Crippen LogP contribution in [0.3, 0.4) is 0 Å². The maximum atomic E-state index is 13.1. The van der Waals surface area contributed by atoms with Gasteiger partial charge < -0.3 is 5.32 Å². The Balaban J connectivity index is 1.60. The van der Waals surface area contributed by atoms with Crippen LogP contribution in [0.2, 0.25) is 0 Å². The average Bonchev–Trinajstić information content (AvgIpc) is 3.06. The molecule has 2 heterocycles. The van der Waals surface area contributed by atoms with E-state index in [-0.39, 0.29) is 17.7 Å². The summed E-state index contributed by atoms with van der Waals surface area (Å²) in [4.78, 5) is 36.9. The van der Waals surface area contributed by atoms with Gasteiger partial charge in [-0.3, -0.25) is 14.6 Å². The highest BCUT2D eigenvalue weighted by molar-refractivity contribution is 8.15. The van der Waals surface area contributed by atoms with Gasteiger partial charge >= 0.3 is 0 Å². The second-order valence-electron chi connectivity index (χ2n) is 7.85. The van der Waals surface area contributed by atoms with E-state index in [0.717, 1.165) is 22.5 Å². The molecule has 30 heavy (non-hydrogen) atoms. The molecule has 0 aromatic heterocycles. The minimum atomic E-state index is -0.443. The smallest absolute Gasteiger partial charge is 0.259 e. The summed E-state index contributed by atoms with van der Waals surface area (Å²) in [5, 5.41) is 2.99. The van der Waals surface area contributed by atoms with Gasteiger partial charge in [0.2, 0.25) is 5.91 Å². The molecule has 2 aliphatic rings. The summed E-state index contributed by atoms with van der Waals surface area (Å²) in [5.74, 6) is 0.471. The number of fused-ring (bicyclic) bond motifs is 3. The topological polar surface area (TPSA) is 74.1 Å². The largest absolute Gasteiger partial charge is 0.325 e. The molecule has 0 radical (unpaired) electrons. The molecule has 154 valence electrons. The zero-order valence-electron chi connectivity index (χ0n) is 17.4. The van der Waals surface area contributed by atoms with Gasteiger partial charge in [-0.15, -0.1) is 0 Å². The number of aryl methyl sites for hydroxylation is 1. The number of nitrogens with one attached hydrogen (secondary N) is 1. The molecular formula is C23H24N4O2S. The summed E-state index contributed by atoms with van der Waals surface area (Å²) in [6, 6.07) is 14.9. The SMILES string of the molecule is Cc1cccc(NC(=O)[C@H](C)SC2=Nc3ccccc3C3=N[C@@H](C(C)C)C(=O)N23)c1. The number of anilines is 1. The first-order valence-electron chi connectivity index (χ1n) is 9.99. The van der Waals surface area contributed by atoms with Crippen LogP contribution in [0, 0.1) is 12.8 Å². The number of nitrogens with zero attached hydrogens (tertiary/aromatic N) is 3. The summed E-state index contributed by atoms with van der Waals surface area (Å²) in [5.41, 5.74) is 3.43. The Morgan fingerprint density at radius 1 is 1.13 bits per heavy atom. The van der Waals surface area contributed by atoms with E-state index >= 15 is 0 Å². The predicted molar refractivity (Wildman–Crippen MR) is 122 cm³/mol. The molecule has 0 saturated carbocycles. The highest BCUT2D eigenvalue weighted by Crippen LogP contribution is 2.35. The Hall–Kier alpha value is -2.93. The fourth-order valence-corrected chi connectivity index (χ4v) is 4.38. The normalized spacial score (nSPS) is 18.5. The lowest BCUT2D eigenvalue weighted by Gasteiger charge is -2.27. The van der Waals surface area contributed by atoms with Gasteiger partial charge in [0.25, 0.3) is 5.91 Å². The second kappa shape index (κ2) is 8.07. The monoisotopic (exact) mass is 420 g/mol. The Bertz CT molecular complexity index is 1080. The number of para-hydroxylation sites is 1. The van der Waals surface area contributed by atoms with Crippen LogP contribution in [0.15, 0.2) is 58.5 Å². The minimum Gasteiger partial charge on any atom is -0.325 e. The predicted octanol–water partition coefficient (Wildman–Crippen LogP) is 4.37. The van der Waals surface area contributed by atoms with Gasteiger partial charge in [0, 0.05) is 11.3 Å².